The highest BCUT2D eigenvalue weighted by Crippen LogP contribution is 2.43. The molecule has 4 rings (SSSR count). The molecule has 36 heavy (non-hydrogen) atoms. The fraction of sp³-hybridized carbons (Fsp3) is 0.481. The molecule has 2 N–H and O–H groups in total. The molecule has 2 aromatic rings. The molecule has 2 aliphatic heterocycles. The molecule has 2 atom stereocenters. The highest BCUT2D eigenvalue weighted by molar-refractivity contribution is 8.93. The Kier molecular flexibility index (Phi) is 12.0. The van der Waals surface area contributed by atoms with Crippen LogP contribution < -0.4 is 15.2 Å². The zero-order valence-electron chi connectivity index (χ0n) is 20.8. The second-order valence-electron chi connectivity index (χ2n) is 9.17. The van der Waals surface area contributed by atoms with E-state index in [0.717, 1.165) is 50.0 Å². The summed E-state index contributed by atoms with van der Waals surface area (Å²) in [7, 11) is 0. The van der Waals surface area contributed by atoms with E-state index >= 15 is 0 Å². The van der Waals surface area contributed by atoms with Crippen LogP contribution in [0.1, 0.15) is 49.5 Å². The summed E-state index contributed by atoms with van der Waals surface area (Å²) in [6.45, 7) is 6.12. The number of nitrogens with zero attached hydrogens (tertiary/aromatic N) is 1. The van der Waals surface area contributed by atoms with Gasteiger partial charge in [-0.2, -0.15) is 0 Å². The monoisotopic (exact) mass is 626 g/mol. The van der Waals surface area contributed by atoms with Gasteiger partial charge >= 0.3 is 11.9 Å². The predicted octanol–water partition coefficient (Wildman–Crippen LogP) is 4.59. The van der Waals surface area contributed by atoms with Crippen molar-refractivity contribution in [1.82, 2.24) is 4.90 Å². The van der Waals surface area contributed by atoms with Crippen molar-refractivity contribution < 1.29 is 23.8 Å². The summed E-state index contributed by atoms with van der Waals surface area (Å²) in [4.78, 5) is 26.0. The second-order valence-corrected chi connectivity index (χ2v) is 9.17. The van der Waals surface area contributed by atoms with Gasteiger partial charge in [-0.3, -0.25) is 9.59 Å². The van der Waals surface area contributed by atoms with Crippen LogP contribution in [0.5, 0.6) is 11.5 Å². The Labute approximate surface area is 234 Å². The molecule has 9 heteroatoms. The molecule has 2 aromatic carbocycles. The Bertz CT molecular complexity index is 1010. The van der Waals surface area contributed by atoms with E-state index in [1.807, 2.05) is 12.1 Å². The van der Waals surface area contributed by atoms with Gasteiger partial charge in [0.05, 0.1) is 12.2 Å². The van der Waals surface area contributed by atoms with Crippen LogP contribution in [-0.2, 0) is 27.2 Å². The lowest BCUT2D eigenvalue weighted by Gasteiger charge is -2.40. The van der Waals surface area contributed by atoms with E-state index < -0.39 is 11.9 Å². The summed E-state index contributed by atoms with van der Waals surface area (Å²) in [6, 6.07) is 14.1. The van der Waals surface area contributed by atoms with Crippen LogP contribution in [0.3, 0.4) is 0 Å². The molecule has 0 aliphatic carbocycles. The maximum absolute atomic E-state index is 11.8. The fourth-order valence-corrected chi connectivity index (χ4v) is 5.10. The standard InChI is InChI=1S/C27H34N2O5.2BrH/c1-18(30)32-24-9-8-22-23(27(24)33-19(2)31)16-25(34-26(22)17-28)21-11-14-29(15-12-21)13-10-20-6-4-3-5-7-20;;/h3-9,21,25-26H,10-17,28H2,1-2H3;2*1H. The van der Waals surface area contributed by atoms with Crippen LogP contribution in [-0.4, -0.2) is 49.1 Å². The molecule has 0 bridgehead atoms. The van der Waals surface area contributed by atoms with Crippen molar-refractivity contribution in [3.05, 3.63) is 59.2 Å². The first-order valence-electron chi connectivity index (χ1n) is 12.1. The number of ether oxygens (including phenoxy) is 3. The van der Waals surface area contributed by atoms with E-state index in [-0.39, 0.29) is 51.9 Å². The van der Waals surface area contributed by atoms with E-state index in [2.05, 4.69) is 29.2 Å². The van der Waals surface area contributed by atoms with E-state index in [0.29, 0.717) is 24.6 Å². The van der Waals surface area contributed by atoms with E-state index in [9.17, 15) is 9.59 Å². The molecule has 1 saturated heterocycles. The second kappa shape index (κ2) is 14.2. The summed E-state index contributed by atoms with van der Waals surface area (Å²) in [6.07, 6.45) is 3.42. The lowest BCUT2D eigenvalue weighted by Crippen LogP contribution is -2.42. The molecule has 2 aliphatic rings. The van der Waals surface area contributed by atoms with Crippen molar-refractivity contribution in [2.45, 2.75) is 51.7 Å². The quantitative estimate of drug-likeness (QED) is 0.355. The molecular weight excluding hydrogens is 592 g/mol. The van der Waals surface area contributed by atoms with Crippen LogP contribution in [0.4, 0.5) is 0 Å². The largest absolute Gasteiger partial charge is 0.423 e. The number of halogens is 2. The van der Waals surface area contributed by atoms with Crippen LogP contribution >= 0.6 is 34.0 Å². The van der Waals surface area contributed by atoms with E-state index in [1.165, 1.54) is 19.4 Å². The number of carbonyl (C=O) groups is 2. The van der Waals surface area contributed by atoms with Crippen LogP contribution in [0.15, 0.2) is 42.5 Å². The Morgan fingerprint density at radius 3 is 2.28 bits per heavy atom. The minimum atomic E-state index is -0.463. The number of hydrogen-bond acceptors (Lipinski definition) is 7. The lowest BCUT2D eigenvalue weighted by atomic mass is 9.83. The van der Waals surface area contributed by atoms with Gasteiger partial charge in [-0.05, 0) is 55.5 Å². The lowest BCUT2D eigenvalue weighted by molar-refractivity contribution is -0.134. The highest BCUT2D eigenvalue weighted by atomic mass is 79.9. The van der Waals surface area contributed by atoms with Gasteiger partial charge in [0.25, 0.3) is 0 Å². The Hall–Kier alpha value is -1.78. The van der Waals surface area contributed by atoms with Crippen molar-refractivity contribution in [3.63, 3.8) is 0 Å². The van der Waals surface area contributed by atoms with Gasteiger partial charge in [0.15, 0.2) is 11.5 Å². The molecule has 1 fully saturated rings. The first kappa shape index (κ1) is 30.4. The number of benzene rings is 2. The van der Waals surface area contributed by atoms with Gasteiger partial charge in [-0.25, -0.2) is 0 Å². The number of likely N-dealkylation sites (tertiary alicyclic amines) is 1. The maximum Gasteiger partial charge on any atom is 0.308 e. The van der Waals surface area contributed by atoms with Crippen molar-refractivity contribution in [3.8, 4) is 11.5 Å². The first-order valence-corrected chi connectivity index (χ1v) is 12.1. The number of carbonyl (C=O) groups excluding carboxylic acids is 2. The average molecular weight is 628 g/mol. The third kappa shape index (κ3) is 7.61. The summed E-state index contributed by atoms with van der Waals surface area (Å²) >= 11 is 0. The number of hydrogen-bond donors (Lipinski definition) is 1. The summed E-state index contributed by atoms with van der Waals surface area (Å²) in [5.41, 5.74) is 9.18. The van der Waals surface area contributed by atoms with Crippen LogP contribution in [0.25, 0.3) is 0 Å². The third-order valence-electron chi connectivity index (χ3n) is 6.78. The zero-order valence-corrected chi connectivity index (χ0v) is 24.2. The third-order valence-corrected chi connectivity index (χ3v) is 6.78. The molecule has 0 aromatic heterocycles. The van der Waals surface area contributed by atoms with E-state index in [4.69, 9.17) is 19.9 Å². The number of piperidine rings is 1. The van der Waals surface area contributed by atoms with Crippen molar-refractivity contribution in [2.24, 2.45) is 11.7 Å². The molecular formula is C27H36Br2N2O5. The number of esters is 2. The minimum absolute atomic E-state index is 0. The van der Waals surface area contributed by atoms with Gasteiger partial charge in [0.2, 0.25) is 0 Å². The van der Waals surface area contributed by atoms with E-state index in [1.54, 1.807) is 6.07 Å². The Balaban J connectivity index is 0.00000228. The Morgan fingerprint density at radius 1 is 1.00 bits per heavy atom. The Morgan fingerprint density at radius 2 is 1.67 bits per heavy atom. The van der Waals surface area contributed by atoms with Gasteiger partial charge < -0.3 is 24.8 Å². The summed E-state index contributed by atoms with van der Waals surface area (Å²) in [5.74, 6) is 0.0367. The maximum atomic E-state index is 11.8. The van der Waals surface area contributed by atoms with Crippen LogP contribution in [0.2, 0.25) is 0 Å². The first-order chi connectivity index (χ1) is 16.4. The zero-order chi connectivity index (χ0) is 24.1. The molecule has 198 valence electrons. The highest BCUT2D eigenvalue weighted by Gasteiger charge is 2.36. The molecule has 0 spiro atoms. The van der Waals surface area contributed by atoms with Crippen molar-refractivity contribution >= 4 is 45.9 Å². The molecule has 0 saturated carbocycles. The molecule has 2 heterocycles. The molecule has 7 nitrogen and oxygen atoms in total. The fourth-order valence-electron chi connectivity index (χ4n) is 5.10. The molecule has 2 unspecified atom stereocenters. The predicted molar refractivity (Wildman–Crippen MR) is 149 cm³/mol. The number of fused-ring (bicyclic) bond motifs is 1. The topological polar surface area (TPSA) is 91.1 Å². The smallest absolute Gasteiger partial charge is 0.308 e. The van der Waals surface area contributed by atoms with Crippen molar-refractivity contribution in [2.75, 3.05) is 26.2 Å². The number of nitrogens with two attached hydrogens (primary N) is 1. The van der Waals surface area contributed by atoms with Gasteiger partial charge in [-0.1, -0.05) is 36.4 Å². The summed E-state index contributed by atoms with van der Waals surface area (Å²) < 4.78 is 17.3. The normalized spacial score (nSPS) is 19.9. The van der Waals surface area contributed by atoms with Gasteiger partial charge in [0.1, 0.15) is 0 Å². The molecule has 0 amide bonds. The minimum Gasteiger partial charge on any atom is -0.423 e. The molecule has 0 radical (unpaired) electrons. The van der Waals surface area contributed by atoms with Gasteiger partial charge in [0, 0.05) is 38.9 Å². The van der Waals surface area contributed by atoms with Gasteiger partial charge in [-0.15, -0.1) is 34.0 Å². The average Bonchev–Trinajstić information content (AvgIpc) is 2.84. The number of rotatable bonds is 7. The van der Waals surface area contributed by atoms with Crippen LogP contribution in [0, 0.1) is 5.92 Å². The SMILES string of the molecule is Br.Br.CC(=O)Oc1ccc2c(c1OC(C)=O)CC(C1CCN(CCc3ccccc3)CC1)OC2CN. The summed E-state index contributed by atoms with van der Waals surface area (Å²) in [5, 5.41) is 0. The van der Waals surface area contributed by atoms with Crippen molar-refractivity contribution in [1.29, 1.82) is 0 Å².